The second kappa shape index (κ2) is 5.70. The standard InChI is InChI=1S/C14H20ClN/c1-11(13-6-3-7-14(15)10-13)16-9-8-12-4-2-5-12/h3,6-7,10-12,16H,2,4-5,8-9H2,1H3. The molecule has 0 heterocycles. The summed E-state index contributed by atoms with van der Waals surface area (Å²) in [6.07, 6.45) is 5.64. The molecule has 2 heteroatoms. The van der Waals surface area contributed by atoms with Crippen LogP contribution in [0.1, 0.15) is 44.2 Å². The van der Waals surface area contributed by atoms with Gasteiger partial charge in [0.25, 0.3) is 0 Å². The highest BCUT2D eigenvalue weighted by atomic mass is 35.5. The van der Waals surface area contributed by atoms with Gasteiger partial charge in [-0.15, -0.1) is 0 Å². The molecule has 2 rings (SSSR count). The average molecular weight is 238 g/mol. The Balaban J connectivity index is 1.76. The predicted molar refractivity (Wildman–Crippen MR) is 69.8 cm³/mol. The summed E-state index contributed by atoms with van der Waals surface area (Å²) in [5.74, 6) is 0.985. The Bertz CT molecular complexity index is 333. The third kappa shape index (κ3) is 3.23. The highest BCUT2D eigenvalue weighted by Gasteiger charge is 2.16. The molecular weight excluding hydrogens is 218 g/mol. The van der Waals surface area contributed by atoms with Crippen LogP contribution in [-0.2, 0) is 0 Å². The minimum Gasteiger partial charge on any atom is -0.310 e. The molecule has 1 atom stereocenters. The first kappa shape index (κ1) is 11.9. The molecule has 1 unspecified atom stereocenters. The van der Waals surface area contributed by atoms with Gasteiger partial charge in [0.2, 0.25) is 0 Å². The summed E-state index contributed by atoms with van der Waals surface area (Å²) in [4.78, 5) is 0. The summed E-state index contributed by atoms with van der Waals surface area (Å²) in [7, 11) is 0. The van der Waals surface area contributed by atoms with E-state index in [9.17, 15) is 0 Å². The Morgan fingerprint density at radius 3 is 2.88 bits per heavy atom. The number of halogens is 1. The maximum absolute atomic E-state index is 5.98. The molecule has 0 spiro atoms. The van der Waals surface area contributed by atoms with Crippen LogP contribution in [0.15, 0.2) is 24.3 Å². The molecule has 0 aliphatic heterocycles. The molecule has 0 saturated heterocycles. The molecule has 1 fully saturated rings. The van der Waals surface area contributed by atoms with E-state index in [0.29, 0.717) is 6.04 Å². The van der Waals surface area contributed by atoms with E-state index in [1.165, 1.54) is 31.2 Å². The normalized spacial score (nSPS) is 18.1. The Labute approximate surface area is 103 Å². The van der Waals surface area contributed by atoms with Crippen molar-refractivity contribution in [2.24, 2.45) is 5.92 Å². The third-order valence-electron chi connectivity index (χ3n) is 3.58. The molecule has 0 aromatic heterocycles. The SMILES string of the molecule is CC(NCCC1CCC1)c1cccc(Cl)c1. The van der Waals surface area contributed by atoms with E-state index in [1.807, 2.05) is 18.2 Å². The maximum atomic E-state index is 5.98. The molecule has 1 N–H and O–H groups in total. The van der Waals surface area contributed by atoms with E-state index in [4.69, 9.17) is 11.6 Å². The van der Waals surface area contributed by atoms with E-state index in [2.05, 4.69) is 18.3 Å². The fraction of sp³-hybridized carbons (Fsp3) is 0.571. The van der Waals surface area contributed by atoms with Crippen LogP contribution in [0.4, 0.5) is 0 Å². The van der Waals surface area contributed by atoms with Crippen molar-refractivity contribution in [2.75, 3.05) is 6.54 Å². The first-order valence-electron chi connectivity index (χ1n) is 6.24. The lowest BCUT2D eigenvalue weighted by Gasteiger charge is -2.26. The maximum Gasteiger partial charge on any atom is 0.0409 e. The van der Waals surface area contributed by atoms with Crippen LogP contribution in [0.3, 0.4) is 0 Å². The molecule has 0 radical (unpaired) electrons. The molecule has 1 aromatic rings. The van der Waals surface area contributed by atoms with E-state index in [0.717, 1.165) is 17.5 Å². The molecule has 1 saturated carbocycles. The number of nitrogens with one attached hydrogen (secondary N) is 1. The van der Waals surface area contributed by atoms with E-state index >= 15 is 0 Å². The minimum atomic E-state index is 0.402. The zero-order valence-corrected chi connectivity index (χ0v) is 10.6. The Morgan fingerprint density at radius 1 is 1.44 bits per heavy atom. The Kier molecular flexibility index (Phi) is 4.25. The molecule has 1 aliphatic rings. The van der Waals surface area contributed by atoms with Crippen molar-refractivity contribution in [1.82, 2.24) is 5.32 Å². The summed E-state index contributed by atoms with van der Waals surface area (Å²) < 4.78 is 0. The molecule has 1 nitrogen and oxygen atoms in total. The van der Waals surface area contributed by atoms with Crippen molar-refractivity contribution in [3.8, 4) is 0 Å². The summed E-state index contributed by atoms with van der Waals surface area (Å²) >= 11 is 5.98. The third-order valence-corrected chi connectivity index (χ3v) is 3.81. The molecule has 0 amide bonds. The largest absolute Gasteiger partial charge is 0.310 e. The van der Waals surface area contributed by atoms with Gasteiger partial charge in [-0.2, -0.15) is 0 Å². The van der Waals surface area contributed by atoms with Crippen LogP contribution < -0.4 is 5.32 Å². The van der Waals surface area contributed by atoms with Crippen LogP contribution in [0.25, 0.3) is 0 Å². The second-order valence-corrected chi connectivity index (χ2v) is 5.25. The summed E-state index contributed by atoms with van der Waals surface area (Å²) in [5.41, 5.74) is 1.28. The van der Waals surface area contributed by atoms with Crippen molar-refractivity contribution in [3.05, 3.63) is 34.9 Å². The summed E-state index contributed by atoms with van der Waals surface area (Å²) in [5, 5.41) is 4.39. The quantitative estimate of drug-likeness (QED) is 0.810. The van der Waals surface area contributed by atoms with Crippen LogP contribution in [-0.4, -0.2) is 6.54 Å². The fourth-order valence-corrected chi connectivity index (χ4v) is 2.38. The predicted octanol–water partition coefficient (Wildman–Crippen LogP) is 4.18. The van der Waals surface area contributed by atoms with Gasteiger partial charge in [-0.05, 0) is 43.5 Å². The van der Waals surface area contributed by atoms with Crippen LogP contribution in [0, 0.1) is 5.92 Å². The lowest BCUT2D eigenvalue weighted by atomic mass is 9.83. The molecular formula is C14H20ClN. The zero-order chi connectivity index (χ0) is 11.4. The van der Waals surface area contributed by atoms with Crippen molar-refractivity contribution < 1.29 is 0 Å². The molecule has 0 bridgehead atoms. The molecule has 88 valence electrons. The fourth-order valence-electron chi connectivity index (χ4n) is 2.18. The van der Waals surface area contributed by atoms with Gasteiger partial charge in [-0.1, -0.05) is 43.0 Å². The Hall–Kier alpha value is -0.530. The average Bonchev–Trinajstić information content (AvgIpc) is 2.21. The van der Waals surface area contributed by atoms with Crippen LogP contribution >= 0.6 is 11.6 Å². The first-order valence-corrected chi connectivity index (χ1v) is 6.62. The lowest BCUT2D eigenvalue weighted by molar-refractivity contribution is 0.288. The number of benzene rings is 1. The lowest BCUT2D eigenvalue weighted by Crippen LogP contribution is -2.24. The summed E-state index contributed by atoms with van der Waals surface area (Å²) in [6.45, 7) is 3.32. The van der Waals surface area contributed by atoms with Gasteiger partial charge in [0.05, 0.1) is 0 Å². The smallest absolute Gasteiger partial charge is 0.0409 e. The summed E-state index contributed by atoms with van der Waals surface area (Å²) in [6, 6.07) is 8.52. The van der Waals surface area contributed by atoms with Gasteiger partial charge in [-0.25, -0.2) is 0 Å². The zero-order valence-electron chi connectivity index (χ0n) is 9.88. The number of rotatable bonds is 5. The van der Waals surface area contributed by atoms with Gasteiger partial charge in [0.1, 0.15) is 0 Å². The van der Waals surface area contributed by atoms with Crippen molar-refractivity contribution in [1.29, 1.82) is 0 Å². The molecule has 1 aromatic carbocycles. The highest BCUT2D eigenvalue weighted by Crippen LogP contribution is 2.29. The van der Waals surface area contributed by atoms with Gasteiger partial charge >= 0.3 is 0 Å². The van der Waals surface area contributed by atoms with E-state index in [1.54, 1.807) is 0 Å². The van der Waals surface area contributed by atoms with E-state index in [-0.39, 0.29) is 0 Å². The second-order valence-electron chi connectivity index (χ2n) is 4.82. The van der Waals surface area contributed by atoms with Crippen molar-refractivity contribution in [3.63, 3.8) is 0 Å². The topological polar surface area (TPSA) is 12.0 Å². The van der Waals surface area contributed by atoms with E-state index < -0.39 is 0 Å². The van der Waals surface area contributed by atoms with Crippen molar-refractivity contribution in [2.45, 2.75) is 38.6 Å². The van der Waals surface area contributed by atoms with Crippen LogP contribution in [0.5, 0.6) is 0 Å². The highest BCUT2D eigenvalue weighted by molar-refractivity contribution is 6.30. The monoisotopic (exact) mass is 237 g/mol. The Morgan fingerprint density at radius 2 is 2.25 bits per heavy atom. The van der Waals surface area contributed by atoms with Gasteiger partial charge in [0, 0.05) is 11.1 Å². The molecule has 16 heavy (non-hydrogen) atoms. The minimum absolute atomic E-state index is 0.402. The van der Waals surface area contributed by atoms with Crippen molar-refractivity contribution >= 4 is 11.6 Å². The van der Waals surface area contributed by atoms with Gasteiger partial charge in [0.15, 0.2) is 0 Å². The van der Waals surface area contributed by atoms with Gasteiger partial charge in [-0.3, -0.25) is 0 Å². The van der Waals surface area contributed by atoms with Crippen LogP contribution in [0.2, 0.25) is 5.02 Å². The first-order chi connectivity index (χ1) is 7.75. The number of hydrogen-bond acceptors (Lipinski definition) is 1. The molecule has 1 aliphatic carbocycles. The van der Waals surface area contributed by atoms with Gasteiger partial charge < -0.3 is 5.32 Å². The number of hydrogen-bond donors (Lipinski definition) is 1.